The molecule has 0 saturated carbocycles. The number of halogens is 1. The van der Waals surface area contributed by atoms with Crippen LogP contribution in [-0.4, -0.2) is 43.8 Å². The summed E-state index contributed by atoms with van der Waals surface area (Å²) in [6.07, 6.45) is 4.64. The van der Waals surface area contributed by atoms with Crippen LogP contribution < -0.4 is 0 Å². The van der Waals surface area contributed by atoms with Crippen molar-refractivity contribution in [3.05, 3.63) is 100 Å². The lowest BCUT2D eigenvalue weighted by Gasteiger charge is -2.36. The molecule has 2 aromatic heterocycles. The summed E-state index contributed by atoms with van der Waals surface area (Å²) < 4.78 is 21.8. The van der Waals surface area contributed by atoms with Gasteiger partial charge in [-0.15, -0.1) is 0 Å². The van der Waals surface area contributed by atoms with E-state index in [-0.39, 0.29) is 11.7 Å². The molecule has 0 bridgehead atoms. The molecular formula is C32H33FN4O3. The van der Waals surface area contributed by atoms with Gasteiger partial charge in [-0.2, -0.15) is 4.98 Å². The van der Waals surface area contributed by atoms with Crippen LogP contribution in [0.3, 0.4) is 0 Å². The Bertz CT molecular complexity index is 1590. The normalized spacial score (nSPS) is 14.7. The Hall–Kier alpha value is -4.30. The fraction of sp³-hybridized carbons (Fsp3) is 0.281. The molecule has 3 heterocycles. The Morgan fingerprint density at radius 1 is 1.05 bits per heavy atom. The number of aliphatic carboxylic acids is 1. The van der Waals surface area contributed by atoms with Crippen LogP contribution in [0, 0.1) is 26.7 Å². The number of carbonyl (C=O) groups is 1. The summed E-state index contributed by atoms with van der Waals surface area (Å²) in [6.45, 7) is 10.3. The van der Waals surface area contributed by atoms with Crippen LogP contribution in [-0.2, 0) is 17.9 Å². The highest BCUT2D eigenvalue weighted by Crippen LogP contribution is 2.30. The number of hydrogen-bond donors (Lipinski definition) is 1. The van der Waals surface area contributed by atoms with Gasteiger partial charge in [-0.05, 0) is 68.2 Å². The number of rotatable bonds is 9. The van der Waals surface area contributed by atoms with Crippen molar-refractivity contribution in [3.8, 4) is 22.8 Å². The van der Waals surface area contributed by atoms with Crippen molar-refractivity contribution in [3.63, 3.8) is 0 Å². The minimum absolute atomic E-state index is 0.269. The van der Waals surface area contributed by atoms with Gasteiger partial charge in [0.25, 0.3) is 5.89 Å². The molecule has 0 unspecified atom stereocenters. The number of benzene rings is 2. The van der Waals surface area contributed by atoms with Gasteiger partial charge in [0.15, 0.2) is 0 Å². The van der Waals surface area contributed by atoms with Crippen molar-refractivity contribution < 1.29 is 18.8 Å². The fourth-order valence-electron chi connectivity index (χ4n) is 4.90. The van der Waals surface area contributed by atoms with Gasteiger partial charge in [-0.1, -0.05) is 53.7 Å². The summed E-state index contributed by atoms with van der Waals surface area (Å²) >= 11 is 0. The molecule has 5 rings (SSSR count). The van der Waals surface area contributed by atoms with Crippen LogP contribution in [0.25, 0.3) is 28.9 Å². The smallest absolute Gasteiger partial charge is 0.309 e. The first kappa shape index (κ1) is 27.3. The van der Waals surface area contributed by atoms with E-state index in [2.05, 4.69) is 51.7 Å². The number of aromatic nitrogens is 3. The predicted molar refractivity (Wildman–Crippen MR) is 153 cm³/mol. The number of allylic oxidation sites excluding steroid dienone is 3. The lowest BCUT2D eigenvalue weighted by atomic mass is 9.99. The van der Waals surface area contributed by atoms with E-state index in [9.17, 15) is 9.18 Å². The van der Waals surface area contributed by atoms with Crippen molar-refractivity contribution >= 4 is 12.0 Å². The molecule has 0 atom stereocenters. The van der Waals surface area contributed by atoms with E-state index < -0.39 is 5.97 Å². The quantitative estimate of drug-likeness (QED) is 0.241. The molecule has 7 nitrogen and oxygen atoms in total. The Morgan fingerprint density at radius 2 is 1.77 bits per heavy atom. The maximum atomic E-state index is 14.0. The second-order valence-electron chi connectivity index (χ2n) is 10.4. The zero-order valence-corrected chi connectivity index (χ0v) is 23.2. The lowest BCUT2D eigenvalue weighted by molar-refractivity contribution is -0.147. The maximum absolute atomic E-state index is 14.0. The van der Waals surface area contributed by atoms with Crippen LogP contribution in [0.2, 0.25) is 0 Å². The summed E-state index contributed by atoms with van der Waals surface area (Å²) in [5.74, 6) is -0.429. The molecule has 1 N–H and O–H groups in total. The summed E-state index contributed by atoms with van der Waals surface area (Å²) in [7, 11) is 0. The standard InChI is InChI=1S/C32H33FN4O3/c1-5-27(33)12-13-28-15-29(22(4)37(28)17-24-7-6-20(2)21(3)14-24)31-34-30(35-40-31)25-10-8-23(9-11-25)16-36-18-26(19-36)32(38)39/h5-15,26H,16-19H2,1-4H3,(H,38,39)/b13-12-,27-5+. The van der Waals surface area contributed by atoms with Crippen molar-refractivity contribution in [2.45, 2.75) is 40.8 Å². The molecule has 1 aliphatic heterocycles. The Balaban J connectivity index is 1.38. The van der Waals surface area contributed by atoms with E-state index in [1.807, 2.05) is 37.3 Å². The second kappa shape index (κ2) is 11.4. The summed E-state index contributed by atoms with van der Waals surface area (Å²) in [4.78, 5) is 17.8. The van der Waals surface area contributed by atoms with E-state index in [1.165, 1.54) is 23.3 Å². The van der Waals surface area contributed by atoms with E-state index in [4.69, 9.17) is 9.63 Å². The number of nitrogens with zero attached hydrogens (tertiary/aromatic N) is 4. The largest absolute Gasteiger partial charge is 0.481 e. The first-order chi connectivity index (χ1) is 19.2. The van der Waals surface area contributed by atoms with E-state index in [0.717, 1.165) is 33.6 Å². The molecule has 40 heavy (non-hydrogen) atoms. The van der Waals surface area contributed by atoms with Gasteiger partial charge in [0, 0.05) is 43.1 Å². The number of aryl methyl sites for hydroxylation is 2. The third kappa shape index (κ3) is 5.82. The van der Waals surface area contributed by atoms with Crippen LogP contribution in [0.1, 0.15) is 40.6 Å². The number of likely N-dealkylation sites (tertiary alicyclic amines) is 1. The molecule has 4 aromatic rings. The third-order valence-electron chi connectivity index (χ3n) is 7.58. The molecule has 2 aromatic carbocycles. The van der Waals surface area contributed by atoms with Crippen molar-refractivity contribution in [1.29, 1.82) is 0 Å². The molecule has 0 aliphatic carbocycles. The third-order valence-corrected chi connectivity index (χ3v) is 7.58. The maximum Gasteiger partial charge on any atom is 0.309 e. The minimum atomic E-state index is -0.733. The van der Waals surface area contributed by atoms with Gasteiger partial charge in [-0.25, -0.2) is 4.39 Å². The molecule has 0 radical (unpaired) electrons. The number of hydrogen-bond acceptors (Lipinski definition) is 5. The molecule has 1 saturated heterocycles. The summed E-state index contributed by atoms with van der Waals surface area (Å²) in [5.41, 5.74) is 8.11. The van der Waals surface area contributed by atoms with Gasteiger partial charge in [0.05, 0.1) is 11.5 Å². The van der Waals surface area contributed by atoms with Crippen LogP contribution >= 0.6 is 0 Å². The van der Waals surface area contributed by atoms with Crippen LogP contribution in [0.15, 0.2) is 71.0 Å². The van der Waals surface area contributed by atoms with Crippen molar-refractivity contribution in [1.82, 2.24) is 19.6 Å². The minimum Gasteiger partial charge on any atom is -0.481 e. The first-order valence-corrected chi connectivity index (χ1v) is 13.4. The Labute approximate surface area is 233 Å². The van der Waals surface area contributed by atoms with Crippen LogP contribution in [0.4, 0.5) is 4.39 Å². The lowest BCUT2D eigenvalue weighted by Crippen LogP contribution is -2.49. The van der Waals surface area contributed by atoms with Crippen LogP contribution in [0.5, 0.6) is 0 Å². The summed E-state index contributed by atoms with van der Waals surface area (Å²) in [6, 6.07) is 16.3. The van der Waals surface area contributed by atoms with Crippen molar-refractivity contribution in [2.24, 2.45) is 5.92 Å². The second-order valence-corrected chi connectivity index (χ2v) is 10.4. The Kier molecular flexibility index (Phi) is 7.80. The highest BCUT2D eigenvalue weighted by molar-refractivity contribution is 5.71. The van der Waals surface area contributed by atoms with Gasteiger partial charge in [0.1, 0.15) is 5.83 Å². The highest BCUT2D eigenvalue weighted by atomic mass is 19.1. The topological polar surface area (TPSA) is 84.4 Å². The van der Waals surface area contributed by atoms with E-state index in [0.29, 0.717) is 37.9 Å². The first-order valence-electron chi connectivity index (χ1n) is 13.4. The average molecular weight is 541 g/mol. The van der Waals surface area contributed by atoms with Crippen molar-refractivity contribution in [2.75, 3.05) is 13.1 Å². The zero-order valence-electron chi connectivity index (χ0n) is 23.2. The van der Waals surface area contributed by atoms with Gasteiger partial charge < -0.3 is 14.2 Å². The SMILES string of the molecule is C/C=C(F)\C=C/c1cc(-c2nc(-c3ccc(CN4CC(C(=O)O)C4)cc3)no2)c(C)n1Cc1ccc(C)c(C)c1. The summed E-state index contributed by atoms with van der Waals surface area (Å²) in [5, 5.41) is 13.3. The molecule has 1 fully saturated rings. The monoisotopic (exact) mass is 540 g/mol. The molecular weight excluding hydrogens is 507 g/mol. The van der Waals surface area contributed by atoms with E-state index >= 15 is 0 Å². The zero-order chi connectivity index (χ0) is 28.4. The molecule has 8 heteroatoms. The molecule has 0 spiro atoms. The van der Waals surface area contributed by atoms with E-state index in [1.54, 1.807) is 13.0 Å². The van der Waals surface area contributed by atoms with Gasteiger partial charge >= 0.3 is 5.97 Å². The number of carboxylic acid groups (broad SMARTS) is 1. The molecule has 0 amide bonds. The highest BCUT2D eigenvalue weighted by Gasteiger charge is 2.32. The Morgan fingerprint density at radius 3 is 2.45 bits per heavy atom. The fourth-order valence-corrected chi connectivity index (χ4v) is 4.90. The predicted octanol–water partition coefficient (Wildman–Crippen LogP) is 6.58. The average Bonchev–Trinajstić information content (AvgIpc) is 3.52. The van der Waals surface area contributed by atoms with Gasteiger partial charge in [0.2, 0.25) is 5.82 Å². The number of carboxylic acids is 1. The molecule has 206 valence electrons. The van der Waals surface area contributed by atoms with Gasteiger partial charge in [-0.3, -0.25) is 9.69 Å². The molecule has 1 aliphatic rings.